The van der Waals surface area contributed by atoms with Crippen molar-refractivity contribution in [2.45, 2.75) is 0 Å². The highest BCUT2D eigenvalue weighted by Gasteiger charge is 2.24. The second-order valence-electron chi connectivity index (χ2n) is 11.7. The van der Waals surface area contributed by atoms with Crippen molar-refractivity contribution in [3.8, 4) is 44.5 Å². The predicted octanol–water partition coefficient (Wildman–Crippen LogP) is 11.8. The molecule has 0 radical (unpaired) electrons. The average Bonchev–Trinajstić information content (AvgIpc) is 3.13. The van der Waals surface area contributed by atoms with Crippen molar-refractivity contribution < 1.29 is 0 Å². The van der Waals surface area contributed by atoms with Crippen molar-refractivity contribution in [1.82, 2.24) is 9.97 Å². The van der Waals surface area contributed by atoms with E-state index in [4.69, 9.17) is 9.97 Å². The van der Waals surface area contributed by atoms with E-state index in [1.54, 1.807) is 0 Å². The van der Waals surface area contributed by atoms with Crippen LogP contribution in [-0.4, -0.2) is 9.97 Å². The van der Waals surface area contributed by atoms with E-state index in [1.165, 1.54) is 21.5 Å². The Labute approximate surface area is 267 Å². The van der Waals surface area contributed by atoms with E-state index >= 15 is 0 Å². The largest absolute Gasteiger partial charge is 0.243 e. The number of rotatable bonds is 4. The molecule has 0 bridgehead atoms. The molecule has 9 rings (SSSR count). The highest BCUT2D eigenvalue weighted by Crippen LogP contribution is 2.47. The molecule has 0 saturated heterocycles. The number of benzene rings is 8. The second kappa shape index (κ2) is 10.8. The van der Waals surface area contributed by atoms with Gasteiger partial charge >= 0.3 is 0 Å². The zero-order valence-corrected chi connectivity index (χ0v) is 25.1. The Morgan fingerprint density at radius 3 is 0.630 bits per heavy atom. The monoisotopic (exact) mass is 584 g/mol. The van der Waals surface area contributed by atoms with Crippen LogP contribution >= 0.6 is 0 Å². The van der Waals surface area contributed by atoms with Crippen LogP contribution in [0.3, 0.4) is 0 Å². The Hall–Kier alpha value is -6.12. The summed E-state index contributed by atoms with van der Waals surface area (Å²) in [5.41, 5.74) is 12.6. The minimum atomic E-state index is 0.905. The highest BCUT2D eigenvalue weighted by atomic mass is 14.8. The topological polar surface area (TPSA) is 25.8 Å². The van der Waals surface area contributed by atoms with Gasteiger partial charge in [0, 0.05) is 22.3 Å². The number of hydrogen-bond donors (Lipinski definition) is 0. The molecule has 0 atom stereocenters. The maximum Gasteiger partial charge on any atom is 0.0986 e. The van der Waals surface area contributed by atoms with E-state index in [-0.39, 0.29) is 0 Å². The van der Waals surface area contributed by atoms with Gasteiger partial charge in [-0.3, -0.25) is 0 Å². The molecule has 0 N–H and O–H groups in total. The van der Waals surface area contributed by atoms with E-state index in [0.29, 0.717) is 0 Å². The number of aromatic nitrogens is 2. The zero-order chi connectivity index (χ0) is 30.5. The lowest BCUT2D eigenvalue weighted by molar-refractivity contribution is 1.40. The average molecular weight is 585 g/mol. The molecule has 0 aliphatic heterocycles. The normalized spacial score (nSPS) is 11.5. The summed E-state index contributed by atoms with van der Waals surface area (Å²) in [6, 6.07) is 60.0. The van der Waals surface area contributed by atoms with Crippen LogP contribution in [0.4, 0.5) is 0 Å². The summed E-state index contributed by atoms with van der Waals surface area (Å²) in [7, 11) is 0. The van der Waals surface area contributed by atoms with Crippen molar-refractivity contribution in [3.05, 3.63) is 170 Å². The summed E-state index contributed by atoms with van der Waals surface area (Å²) < 4.78 is 0. The van der Waals surface area contributed by atoms with E-state index < -0.39 is 0 Å². The van der Waals surface area contributed by atoms with Crippen LogP contribution in [-0.2, 0) is 0 Å². The van der Waals surface area contributed by atoms with Gasteiger partial charge in [-0.1, -0.05) is 170 Å². The van der Waals surface area contributed by atoms with Gasteiger partial charge in [-0.25, -0.2) is 9.97 Å². The third-order valence-electron chi connectivity index (χ3n) is 9.02. The summed E-state index contributed by atoms with van der Waals surface area (Å²) in [4.78, 5) is 11.5. The van der Waals surface area contributed by atoms with Crippen LogP contribution in [0.5, 0.6) is 0 Å². The van der Waals surface area contributed by atoms with Gasteiger partial charge in [-0.05, 0) is 43.8 Å². The minimum Gasteiger partial charge on any atom is -0.243 e. The lowest BCUT2D eigenvalue weighted by Gasteiger charge is -2.20. The molecule has 2 nitrogen and oxygen atoms in total. The first kappa shape index (κ1) is 26.3. The van der Waals surface area contributed by atoms with Crippen molar-refractivity contribution in [2.24, 2.45) is 0 Å². The van der Waals surface area contributed by atoms with Crippen LogP contribution in [0.1, 0.15) is 0 Å². The minimum absolute atomic E-state index is 0.905. The van der Waals surface area contributed by atoms with Gasteiger partial charge in [0.05, 0.1) is 22.1 Å². The van der Waals surface area contributed by atoms with E-state index in [9.17, 15) is 0 Å². The molecule has 8 aromatic carbocycles. The first-order chi connectivity index (χ1) is 22.9. The number of fused-ring (bicyclic) bond motifs is 4. The summed E-state index contributed by atoms with van der Waals surface area (Å²) >= 11 is 0. The van der Waals surface area contributed by atoms with Crippen molar-refractivity contribution in [3.63, 3.8) is 0 Å². The Balaban J connectivity index is 1.59. The molecule has 1 heterocycles. The van der Waals surface area contributed by atoms with Crippen molar-refractivity contribution in [1.29, 1.82) is 0 Å². The van der Waals surface area contributed by atoms with Gasteiger partial charge in [0.25, 0.3) is 0 Å². The molecule has 0 spiro atoms. The summed E-state index contributed by atoms with van der Waals surface area (Å²) in [5, 5.41) is 4.66. The van der Waals surface area contributed by atoms with E-state index in [1.807, 2.05) is 0 Å². The molecule has 214 valence electrons. The molecule has 2 heteroatoms. The Morgan fingerprint density at radius 2 is 0.413 bits per heavy atom. The van der Waals surface area contributed by atoms with Crippen molar-refractivity contribution in [2.75, 3.05) is 0 Å². The quantitative estimate of drug-likeness (QED) is 0.192. The third kappa shape index (κ3) is 4.12. The van der Waals surface area contributed by atoms with Crippen LogP contribution in [0, 0.1) is 0 Å². The molecule has 0 unspecified atom stereocenters. The van der Waals surface area contributed by atoms with Crippen LogP contribution in [0.2, 0.25) is 0 Å². The van der Waals surface area contributed by atoms with Crippen LogP contribution < -0.4 is 0 Å². The molecular weight excluding hydrogens is 556 g/mol. The zero-order valence-electron chi connectivity index (χ0n) is 25.1. The maximum absolute atomic E-state index is 5.74. The van der Waals surface area contributed by atoms with Crippen LogP contribution in [0.15, 0.2) is 170 Å². The van der Waals surface area contributed by atoms with Gasteiger partial charge in [0.1, 0.15) is 0 Å². The lowest BCUT2D eigenvalue weighted by Crippen LogP contribution is -2.00. The van der Waals surface area contributed by atoms with E-state index in [0.717, 1.165) is 66.6 Å². The fourth-order valence-corrected chi connectivity index (χ4v) is 7.07. The van der Waals surface area contributed by atoms with Crippen LogP contribution in [0.25, 0.3) is 88.1 Å². The van der Waals surface area contributed by atoms with Gasteiger partial charge in [-0.15, -0.1) is 0 Å². The number of nitrogens with zero attached hydrogens (tertiary/aromatic N) is 2. The molecule has 0 saturated carbocycles. The fraction of sp³-hybridized carbons (Fsp3) is 0. The molecule has 0 amide bonds. The maximum atomic E-state index is 5.74. The van der Waals surface area contributed by atoms with Gasteiger partial charge < -0.3 is 0 Å². The summed E-state index contributed by atoms with van der Waals surface area (Å²) in [6.07, 6.45) is 0. The van der Waals surface area contributed by atoms with Crippen molar-refractivity contribution >= 4 is 43.6 Å². The molecule has 9 aromatic rings. The standard InChI is InChI=1S/C44H28N2/c1-5-17-29(18-6-1)37-33-25-13-14-26-34(33)38(30-19-7-2-8-20-30)42-41(37)45-43-39(31-21-9-3-10-22-31)35-27-15-16-28-36(35)40(44(43)46-42)32-23-11-4-12-24-32/h1-28H. The molecular formula is C44H28N2. The Kier molecular flexibility index (Phi) is 6.17. The van der Waals surface area contributed by atoms with Gasteiger partial charge in [0.15, 0.2) is 0 Å². The van der Waals surface area contributed by atoms with Gasteiger partial charge in [0.2, 0.25) is 0 Å². The number of hydrogen-bond acceptors (Lipinski definition) is 2. The summed E-state index contributed by atoms with van der Waals surface area (Å²) in [6.45, 7) is 0. The Morgan fingerprint density at radius 1 is 0.217 bits per heavy atom. The highest BCUT2D eigenvalue weighted by molar-refractivity contribution is 6.24. The molecule has 0 aliphatic carbocycles. The fourth-order valence-electron chi connectivity index (χ4n) is 7.07. The lowest BCUT2D eigenvalue weighted by atomic mass is 9.87. The molecule has 1 aromatic heterocycles. The molecule has 46 heavy (non-hydrogen) atoms. The van der Waals surface area contributed by atoms with E-state index in [2.05, 4.69) is 170 Å². The first-order valence-corrected chi connectivity index (χ1v) is 15.7. The smallest absolute Gasteiger partial charge is 0.0986 e. The second-order valence-corrected chi connectivity index (χ2v) is 11.7. The first-order valence-electron chi connectivity index (χ1n) is 15.7. The Bertz CT molecular complexity index is 2180. The van der Waals surface area contributed by atoms with Gasteiger partial charge in [-0.2, -0.15) is 0 Å². The predicted molar refractivity (Wildman–Crippen MR) is 194 cm³/mol. The molecule has 0 aliphatic rings. The third-order valence-corrected chi connectivity index (χ3v) is 9.02. The molecule has 0 fully saturated rings. The SMILES string of the molecule is c1ccc(-c2c3ccccc3c(-c3ccccc3)c3nc4c(-c5ccccc5)c5ccccc5c(-c5ccccc5)c4nc23)cc1. The summed E-state index contributed by atoms with van der Waals surface area (Å²) in [5.74, 6) is 0.